The third kappa shape index (κ3) is 4.94. The molecule has 29 heavy (non-hydrogen) atoms. The minimum Gasteiger partial charge on any atom is -0.497 e. The Kier molecular flexibility index (Phi) is 5.76. The number of hydrogen-bond donors (Lipinski definition) is 0. The highest BCUT2D eigenvalue weighted by molar-refractivity contribution is 7.98. The van der Waals surface area contributed by atoms with E-state index in [4.69, 9.17) is 18.3 Å². The van der Waals surface area contributed by atoms with Gasteiger partial charge in [0.1, 0.15) is 11.5 Å². The standard InChI is InChI=1S/C20H18N4O4S/c1-13-3-7-16(8-4-13)26-11-17-21-24-20(28-17)29-12-18-22-23-19(27-18)14-5-9-15(25-2)10-6-14/h3-10H,11-12H2,1-2H3. The molecule has 4 aromatic rings. The average Bonchev–Trinajstić information content (AvgIpc) is 3.41. The molecule has 8 nitrogen and oxygen atoms in total. The van der Waals surface area contributed by atoms with Gasteiger partial charge in [-0.3, -0.25) is 0 Å². The van der Waals surface area contributed by atoms with Gasteiger partial charge in [0, 0.05) is 5.56 Å². The molecule has 148 valence electrons. The van der Waals surface area contributed by atoms with Gasteiger partial charge < -0.3 is 18.3 Å². The van der Waals surface area contributed by atoms with Crippen molar-refractivity contribution in [2.24, 2.45) is 0 Å². The molecule has 0 saturated heterocycles. The third-order valence-electron chi connectivity index (χ3n) is 3.95. The molecule has 4 rings (SSSR count). The molecule has 0 aliphatic heterocycles. The first-order chi connectivity index (χ1) is 14.2. The zero-order valence-corrected chi connectivity index (χ0v) is 16.7. The topological polar surface area (TPSA) is 96.3 Å². The maximum Gasteiger partial charge on any atom is 0.277 e. The number of thioether (sulfide) groups is 1. The molecule has 2 heterocycles. The number of benzene rings is 2. The molecule has 0 spiro atoms. The van der Waals surface area contributed by atoms with Crippen LogP contribution >= 0.6 is 11.8 Å². The minimum atomic E-state index is 0.207. The summed E-state index contributed by atoms with van der Waals surface area (Å²) in [4.78, 5) is 0. The van der Waals surface area contributed by atoms with Gasteiger partial charge in [0.25, 0.3) is 11.1 Å². The van der Waals surface area contributed by atoms with Crippen LogP contribution in [0.2, 0.25) is 0 Å². The van der Waals surface area contributed by atoms with Crippen LogP contribution in [0.5, 0.6) is 11.5 Å². The number of nitrogens with zero attached hydrogens (tertiary/aromatic N) is 4. The lowest BCUT2D eigenvalue weighted by Gasteiger charge is -2.02. The van der Waals surface area contributed by atoms with Crippen molar-refractivity contribution in [1.82, 2.24) is 20.4 Å². The second-order valence-electron chi connectivity index (χ2n) is 6.08. The largest absolute Gasteiger partial charge is 0.497 e. The zero-order valence-electron chi connectivity index (χ0n) is 15.9. The maximum atomic E-state index is 5.69. The van der Waals surface area contributed by atoms with Crippen molar-refractivity contribution in [3.63, 3.8) is 0 Å². The van der Waals surface area contributed by atoms with Gasteiger partial charge in [0.15, 0.2) is 6.61 Å². The van der Waals surface area contributed by atoms with Gasteiger partial charge in [-0.15, -0.1) is 20.4 Å². The fourth-order valence-corrected chi connectivity index (χ4v) is 3.04. The zero-order chi connectivity index (χ0) is 20.1. The minimum absolute atomic E-state index is 0.207. The maximum absolute atomic E-state index is 5.69. The normalized spacial score (nSPS) is 10.8. The predicted octanol–water partition coefficient (Wildman–Crippen LogP) is 4.31. The van der Waals surface area contributed by atoms with E-state index in [-0.39, 0.29) is 6.61 Å². The Bertz CT molecular complexity index is 1060. The summed E-state index contributed by atoms with van der Waals surface area (Å²) in [5.74, 6) is 3.25. The highest BCUT2D eigenvalue weighted by Gasteiger charge is 2.12. The Morgan fingerprint density at radius 1 is 0.828 bits per heavy atom. The van der Waals surface area contributed by atoms with Crippen molar-refractivity contribution >= 4 is 11.8 Å². The first kappa shape index (κ1) is 19.0. The Morgan fingerprint density at radius 3 is 2.31 bits per heavy atom. The molecule has 0 fully saturated rings. The van der Waals surface area contributed by atoms with E-state index in [1.54, 1.807) is 7.11 Å². The lowest BCUT2D eigenvalue weighted by molar-refractivity contribution is 0.252. The summed E-state index contributed by atoms with van der Waals surface area (Å²) >= 11 is 1.32. The van der Waals surface area contributed by atoms with E-state index in [0.717, 1.165) is 17.1 Å². The summed E-state index contributed by atoms with van der Waals surface area (Å²) in [7, 11) is 1.62. The van der Waals surface area contributed by atoms with Crippen molar-refractivity contribution in [2.75, 3.05) is 7.11 Å². The van der Waals surface area contributed by atoms with E-state index in [1.165, 1.54) is 17.3 Å². The van der Waals surface area contributed by atoms with Gasteiger partial charge in [-0.1, -0.05) is 29.5 Å². The van der Waals surface area contributed by atoms with Gasteiger partial charge in [0.05, 0.1) is 12.9 Å². The first-order valence-corrected chi connectivity index (χ1v) is 9.79. The number of aromatic nitrogens is 4. The highest BCUT2D eigenvalue weighted by atomic mass is 32.2. The second kappa shape index (κ2) is 8.78. The van der Waals surface area contributed by atoms with E-state index in [0.29, 0.717) is 28.6 Å². The number of rotatable bonds is 8. The molecular formula is C20H18N4O4S. The molecule has 0 aliphatic rings. The first-order valence-electron chi connectivity index (χ1n) is 8.81. The SMILES string of the molecule is COc1ccc(-c2nnc(CSc3nnc(COc4ccc(C)cc4)o3)o2)cc1. The molecule has 0 N–H and O–H groups in total. The number of hydrogen-bond acceptors (Lipinski definition) is 9. The molecule has 2 aromatic heterocycles. The summed E-state index contributed by atoms with van der Waals surface area (Å²) in [6.45, 7) is 2.23. The lowest BCUT2D eigenvalue weighted by atomic mass is 10.2. The molecule has 9 heteroatoms. The number of aryl methyl sites for hydroxylation is 1. The van der Waals surface area contributed by atoms with E-state index in [2.05, 4.69) is 20.4 Å². The summed E-state index contributed by atoms with van der Waals surface area (Å²) < 4.78 is 22.0. The van der Waals surface area contributed by atoms with Crippen LogP contribution in [0.25, 0.3) is 11.5 Å². The van der Waals surface area contributed by atoms with Gasteiger partial charge in [0.2, 0.25) is 11.8 Å². The molecule has 0 bridgehead atoms. The fraction of sp³-hybridized carbons (Fsp3) is 0.200. The van der Waals surface area contributed by atoms with Gasteiger partial charge in [-0.05, 0) is 43.3 Å². The Balaban J connectivity index is 1.30. The van der Waals surface area contributed by atoms with Crippen molar-refractivity contribution in [2.45, 2.75) is 24.5 Å². The van der Waals surface area contributed by atoms with Gasteiger partial charge in [-0.2, -0.15) is 0 Å². The van der Waals surface area contributed by atoms with Crippen molar-refractivity contribution < 1.29 is 18.3 Å². The molecular weight excluding hydrogens is 392 g/mol. The molecule has 0 amide bonds. The molecule has 2 aromatic carbocycles. The van der Waals surface area contributed by atoms with Crippen LogP contribution in [0.1, 0.15) is 17.3 Å². The average molecular weight is 410 g/mol. The van der Waals surface area contributed by atoms with Crippen LogP contribution in [0.15, 0.2) is 62.6 Å². The van der Waals surface area contributed by atoms with Crippen molar-refractivity contribution in [3.05, 3.63) is 65.9 Å². The van der Waals surface area contributed by atoms with Gasteiger partial charge >= 0.3 is 0 Å². The summed E-state index contributed by atoms with van der Waals surface area (Å²) in [6.07, 6.45) is 0. The van der Waals surface area contributed by atoms with Crippen LogP contribution in [0.3, 0.4) is 0 Å². The molecule has 0 aliphatic carbocycles. The monoisotopic (exact) mass is 410 g/mol. The van der Waals surface area contributed by atoms with Crippen LogP contribution in [0, 0.1) is 6.92 Å². The van der Waals surface area contributed by atoms with E-state index in [9.17, 15) is 0 Å². The number of ether oxygens (including phenoxy) is 2. The van der Waals surface area contributed by atoms with Gasteiger partial charge in [-0.25, -0.2) is 0 Å². The Morgan fingerprint density at radius 2 is 1.55 bits per heavy atom. The quantitative estimate of drug-likeness (QED) is 0.394. The smallest absolute Gasteiger partial charge is 0.277 e. The summed E-state index contributed by atoms with van der Waals surface area (Å²) in [6, 6.07) is 15.2. The lowest BCUT2D eigenvalue weighted by Crippen LogP contribution is -1.95. The summed E-state index contributed by atoms with van der Waals surface area (Å²) in [5.41, 5.74) is 1.99. The van der Waals surface area contributed by atoms with Crippen molar-refractivity contribution in [3.8, 4) is 23.0 Å². The predicted molar refractivity (Wildman–Crippen MR) is 106 cm³/mol. The number of methoxy groups -OCH3 is 1. The van der Waals surface area contributed by atoms with Crippen molar-refractivity contribution in [1.29, 1.82) is 0 Å². The van der Waals surface area contributed by atoms with Crippen LogP contribution in [0.4, 0.5) is 0 Å². The highest BCUT2D eigenvalue weighted by Crippen LogP contribution is 2.25. The molecule has 0 saturated carbocycles. The van der Waals surface area contributed by atoms with Crippen LogP contribution in [-0.4, -0.2) is 27.5 Å². The molecule has 0 unspecified atom stereocenters. The van der Waals surface area contributed by atoms with Crippen LogP contribution in [-0.2, 0) is 12.4 Å². The molecule has 0 atom stereocenters. The third-order valence-corrected chi connectivity index (χ3v) is 4.76. The fourth-order valence-electron chi connectivity index (χ4n) is 2.42. The Labute approximate surface area is 171 Å². The van der Waals surface area contributed by atoms with E-state index >= 15 is 0 Å². The van der Waals surface area contributed by atoms with Crippen LogP contribution < -0.4 is 9.47 Å². The Hall–Kier alpha value is -3.33. The van der Waals surface area contributed by atoms with E-state index in [1.807, 2.05) is 55.5 Å². The molecule has 0 radical (unpaired) electrons. The second-order valence-corrected chi connectivity index (χ2v) is 7.01. The summed E-state index contributed by atoms with van der Waals surface area (Å²) in [5, 5.41) is 16.5. The van der Waals surface area contributed by atoms with E-state index < -0.39 is 0 Å².